The van der Waals surface area contributed by atoms with Gasteiger partial charge in [-0.3, -0.25) is 9.78 Å². The third kappa shape index (κ3) is 4.19. The van der Waals surface area contributed by atoms with Crippen molar-refractivity contribution in [1.82, 2.24) is 9.88 Å². The first-order valence-electron chi connectivity index (χ1n) is 10.4. The number of fused-ring (bicyclic) bond motifs is 2. The molecule has 0 saturated carbocycles. The van der Waals surface area contributed by atoms with Gasteiger partial charge in [0.25, 0.3) is 5.91 Å². The number of rotatable bonds is 4. The van der Waals surface area contributed by atoms with Gasteiger partial charge in [0.15, 0.2) is 16.4 Å². The number of carbonyl (C=O) groups is 2. The van der Waals surface area contributed by atoms with E-state index < -0.39 is 28.3 Å². The van der Waals surface area contributed by atoms with Gasteiger partial charge in [-0.2, -0.15) is 0 Å². The van der Waals surface area contributed by atoms with E-state index in [0.29, 0.717) is 12.0 Å². The van der Waals surface area contributed by atoms with Crippen LogP contribution in [0.1, 0.15) is 47.3 Å². The maximum atomic E-state index is 13.1. The van der Waals surface area contributed by atoms with Gasteiger partial charge in [-0.15, -0.1) is 0 Å². The van der Waals surface area contributed by atoms with Crippen LogP contribution < -0.4 is 0 Å². The van der Waals surface area contributed by atoms with Crippen molar-refractivity contribution in [2.45, 2.75) is 44.6 Å². The number of nitrogens with zero attached hydrogens (tertiary/aromatic N) is 2. The predicted molar refractivity (Wildman–Crippen MR) is 113 cm³/mol. The van der Waals surface area contributed by atoms with Crippen molar-refractivity contribution in [3.63, 3.8) is 0 Å². The number of sulfone groups is 1. The van der Waals surface area contributed by atoms with E-state index in [1.165, 1.54) is 4.90 Å². The van der Waals surface area contributed by atoms with E-state index >= 15 is 0 Å². The first-order chi connectivity index (χ1) is 14.4. The highest BCUT2D eigenvalue weighted by Crippen LogP contribution is 2.29. The number of ether oxygens (including phenoxy) is 1. The zero-order chi connectivity index (χ0) is 21.3. The molecule has 160 valence electrons. The molecule has 0 N–H and O–H groups in total. The summed E-state index contributed by atoms with van der Waals surface area (Å²) in [6, 6.07) is 7.14. The Morgan fingerprint density at radius 2 is 1.93 bits per heavy atom. The van der Waals surface area contributed by atoms with E-state index in [2.05, 4.69) is 0 Å². The van der Waals surface area contributed by atoms with E-state index in [-0.39, 0.29) is 17.5 Å². The molecule has 1 saturated heterocycles. The summed E-state index contributed by atoms with van der Waals surface area (Å²) in [5, 5.41) is 0.742. The van der Waals surface area contributed by atoms with Gasteiger partial charge in [0.1, 0.15) is 0 Å². The molecule has 8 heteroatoms. The number of pyridine rings is 1. The Labute approximate surface area is 176 Å². The normalized spacial score (nSPS) is 20.4. The zero-order valence-corrected chi connectivity index (χ0v) is 17.9. The molecule has 1 fully saturated rings. The monoisotopic (exact) mass is 430 g/mol. The first-order valence-corrected chi connectivity index (χ1v) is 12.2. The maximum absolute atomic E-state index is 13.1. The lowest BCUT2D eigenvalue weighted by molar-refractivity contribution is -0.134. The van der Waals surface area contributed by atoms with E-state index in [9.17, 15) is 18.0 Å². The Morgan fingerprint density at radius 3 is 2.70 bits per heavy atom. The first kappa shape index (κ1) is 20.8. The number of para-hydroxylation sites is 1. The summed E-state index contributed by atoms with van der Waals surface area (Å²) in [7, 11) is -1.53. The van der Waals surface area contributed by atoms with Crippen molar-refractivity contribution in [1.29, 1.82) is 0 Å². The number of carbonyl (C=O) groups excluding carboxylic acids is 2. The summed E-state index contributed by atoms with van der Waals surface area (Å²) in [5.74, 6) is -0.863. The van der Waals surface area contributed by atoms with Gasteiger partial charge in [-0.25, -0.2) is 13.2 Å². The Balaban J connectivity index is 1.55. The number of likely N-dealkylation sites (N-methyl/N-ethyl adjacent to an activating group) is 1. The number of aromatic nitrogens is 1. The molecule has 2 aliphatic rings. The van der Waals surface area contributed by atoms with Crippen LogP contribution in [0.4, 0.5) is 0 Å². The molecular formula is C22H26N2O5S. The Kier molecular flexibility index (Phi) is 5.77. The zero-order valence-electron chi connectivity index (χ0n) is 17.1. The van der Waals surface area contributed by atoms with E-state index in [1.54, 1.807) is 7.05 Å². The fraction of sp³-hybridized carbons (Fsp3) is 0.500. The third-order valence-electron chi connectivity index (χ3n) is 6.10. The Hall–Kier alpha value is -2.48. The maximum Gasteiger partial charge on any atom is 0.339 e. The highest BCUT2D eigenvalue weighted by Gasteiger charge is 2.33. The molecule has 0 radical (unpaired) electrons. The SMILES string of the molecule is CN(C(=O)COC(=O)c1c2c(nc3ccccc13)CCCCC2)[C@@H]1CCS(=O)(=O)C1. The average molecular weight is 431 g/mol. The minimum absolute atomic E-state index is 0.0360. The summed E-state index contributed by atoms with van der Waals surface area (Å²) < 4.78 is 28.8. The molecule has 4 rings (SSSR count). The van der Waals surface area contributed by atoms with Crippen LogP contribution in [0.5, 0.6) is 0 Å². The molecule has 1 aromatic carbocycles. The molecule has 0 unspecified atom stereocenters. The Morgan fingerprint density at radius 1 is 1.17 bits per heavy atom. The number of hydrogen-bond acceptors (Lipinski definition) is 6. The van der Waals surface area contributed by atoms with Crippen LogP contribution in [0.3, 0.4) is 0 Å². The van der Waals surface area contributed by atoms with Crippen molar-refractivity contribution in [3.05, 3.63) is 41.1 Å². The van der Waals surface area contributed by atoms with Crippen molar-refractivity contribution < 1.29 is 22.7 Å². The fourth-order valence-corrected chi connectivity index (χ4v) is 6.14. The van der Waals surface area contributed by atoms with Crippen LogP contribution in [0, 0.1) is 0 Å². The van der Waals surface area contributed by atoms with Crippen molar-refractivity contribution >= 4 is 32.6 Å². The van der Waals surface area contributed by atoms with Crippen molar-refractivity contribution in [2.24, 2.45) is 0 Å². The second-order valence-corrected chi connectivity index (χ2v) is 10.4. The number of benzene rings is 1. The summed E-state index contributed by atoms with van der Waals surface area (Å²) in [6.45, 7) is -0.405. The second-order valence-electron chi connectivity index (χ2n) is 8.13. The summed E-state index contributed by atoms with van der Waals surface area (Å²) in [6.07, 6.45) is 5.14. The molecule has 0 spiro atoms. The predicted octanol–water partition coefficient (Wildman–Crippen LogP) is 2.31. The van der Waals surface area contributed by atoms with Gasteiger partial charge in [0, 0.05) is 24.2 Å². The summed E-state index contributed by atoms with van der Waals surface area (Å²) >= 11 is 0. The minimum Gasteiger partial charge on any atom is -0.452 e. The number of esters is 1. The van der Waals surface area contributed by atoms with Crippen molar-refractivity contribution in [2.75, 3.05) is 25.2 Å². The molecule has 1 amide bonds. The van der Waals surface area contributed by atoms with E-state index in [0.717, 1.165) is 54.3 Å². The standard InChI is InChI=1S/C22H26N2O5S/c1-24(15-11-12-30(27,28)14-15)20(25)13-29-22(26)21-16-7-3-2-4-9-18(16)23-19-10-6-5-8-17(19)21/h5-6,8,10,15H,2-4,7,9,11-14H2,1H3/t15-/m1/s1. The van der Waals surface area contributed by atoms with Gasteiger partial charge >= 0.3 is 5.97 Å². The average Bonchev–Trinajstić information content (AvgIpc) is 2.94. The third-order valence-corrected chi connectivity index (χ3v) is 7.85. The van der Waals surface area contributed by atoms with Gasteiger partial charge < -0.3 is 9.64 Å². The largest absolute Gasteiger partial charge is 0.452 e. The van der Waals surface area contributed by atoms with E-state index in [4.69, 9.17) is 9.72 Å². The topological polar surface area (TPSA) is 93.6 Å². The molecule has 7 nitrogen and oxygen atoms in total. The summed E-state index contributed by atoms with van der Waals surface area (Å²) in [5.41, 5.74) is 3.14. The van der Waals surface area contributed by atoms with Crippen molar-refractivity contribution in [3.8, 4) is 0 Å². The summed E-state index contributed by atoms with van der Waals surface area (Å²) in [4.78, 5) is 31.8. The van der Waals surface area contributed by atoms with Crippen LogP contribution in [0.25, 0.3) is 10.9 Å². The number of hydrogen-bond donors (Lipinski definition) is 0. The number of amides is 1. The number of aryl methyl sites for hydroxylation is 1. The van der Waals surface area contributed by atoms with Crippen LogP contribution in [0.2, 0.25) is 0 Å². The van der Waals surface area contributed by atoms with Crippen LogP contribution >= 0.6 is 0 Å². The highest BCUT2D eigenvalue weighted by atomic mass is 32.2. The van der Waals surface area contributed by atoms with Crippen LogP contribution in [0.15, 0.2) is 24.3 Å². The molecular weight excluding hydrogens is 404 g/mol. The molecule has 1 aliphatic heterocycles. The fourth-order valence-electron chi connectivity index (χ4n) is 4.37. The molecule has 0 bridgehead atoms. The lowest BCUT2D eigenvalue weighted by atomic mass is 9.97. The molecule has 30 heavy (non-hydrogen) atoms. The molecule has 1 aliphatic carbocycles. The van der Waals surface area contributed by atoms with Gasteiger partial charge in [-0.1, -0.05) is 24.6 Å². The van der Waals surface area contributed by atoms with Gasteiger partial charge in [0.2, 0.25) is 0 Å². The van der Waals surface area contributed by atoms with Crippen LogP contribution in [-0.4, -0.2) is 61.4 Å². The quantitative estimate of drug-likeness (QED) is 0.546. The van der Waals surface area contributed by atoms with Gasteiger partial charge in [-0.05, 0) is 43.7 Å². The van der Waals surface area contributed by atoms with E-state index in [1.807, 2.05) is 24.3 Å². The molecule has 2 heterocycles. The lowest BCUT2D eigenvalue weighted by Crippen LogP contribution is -2.40. The van der Waals surface area contributed by atoms with Crippen LogP contribution in [-0.2, 0) is 32.2 Å². The molecule has 2 aromatic rings. The Bertz CT molecular complexity index is 1100. The minimum atomic E-state index is -3.09. The van der Waals surface area contributed by atoms with Gasteiger partial charge in [0.05, 0.1) is 22.6 Å². The molecule has 1 aromatic heterocycles. The molecule has 1 atom stereocenters. The lowest BCUT2D eigenvalue weighted by Gasteiger charge is -2.23. The smallest absolute Gasteiger partial charge is 0.339 e. The highest BCUT2D eigenvalue weighted by molar-refractivity contribution is 7.91. The second kappa shape index (κ2) is 8.34.